The van der Waals surface area contributed by atoms with Gasteiger partial charge in [0, 0.05) is 25.8 Å². The first-order valence-corrected chi connectivity index (χ1v) is 11.8. The predicted octanol–water partition coefficient (Wildman–Crippen LogP) is 0.203. The molecule has 1 fully saturated rings. The van der Waals surface area contributed by atoms with Gasteiger partial charge in [-0.05, 0) is 34.6 Å². The Kier molecular flexibility index (Phi) is 8.65. The molecule has 14 nitrogen and oxygen atoms in total. The summed E-state index contributed by atoms with van der Waals surface area (Å²) in [5.41, 5.74) is 2.73. The summed E-state index contributed by atoms with van der Waals surface area (Å²) in [6, 6.07) is -1.37. The Morgan fingerprint density at radius 3 is 2.36 bits per heavy atom. The first-order chi connectivity index (χ1) is 16.4. The number of oxime groups is 1. The Labute approximate surface area is 211 Å². The number of nitrogens with two attached hydrogens (primary N) is 1. The van der Waals surface area contributed by atoms with Gasteiger partial charge in [0.1, 0.15) is 17.3 Å². The van der Waals surface area contributed by atoms with Gasteiger partial charge < -0.3 is 35.8 Å². The number of aromatic nitrogens is 1. The van der Waals surface area contributed by atoms with Crippen molar-refractivity contribution in [3.05, 3.63) is 11.1 Å². The Morgan fingerprint density at radius 1 is 1.19 bits per heavy atom. The molecule has 15 heteroatoms. The fourth-order valence-electron chi connectivity index (χ4n) is 2.60. The number of esters is 1. The highest BCUT2D eigenvalue weighted by Gasteiger charge is 2.41. The van der Waals surface area contributed by atoms with Gasteiger partial charge in [0.05, 0.1) is 6.04 Å². The van der Waals surface area contributed by atoms with Crippen molar-refractivity contribution in [3.8, 4) is 0 Å². The zero-order valence-electron chi connectivity index (χ0n) is 21.1. The number of amides is 3. The smallest absolute Gasteiger partial charge is 0.413 e. The molecule has 6 N–H and O–H groups in total. The Bertz CT molecular complexity index is 1040. The molecule has 0 aromatic carbocycles. The zero-order valence-corrected chi connectivity index (χ0v) is 21.9. The van der Waals surface area contributed by atoms with Crippen molar-refractivity contribution in [2.24, 2.45) is 10.9 Å². The third-order valence-electron chi connectivity index (χ3n) is 4.32. The van der Waals surface area contributed by atoms with Gasteiger partial charge in [-0.3, -0.25) is 14.9 Å². The van der Waals surface area contributed by atoms with Crippen molar-refractivity contribution in [2.75, 3.05) is 11.9 Å². The van der Waals surface area contributed by atoms with Crippen molar-refractivity contribution in [2.45, 2.75) is 77.5 Å². The topological polar surface area (TPSA) is 204 Å². The van der Waals surface area contributed by atoms with Gasteiger partial charge in [0.2, 0.25) is 17.3 Å². The number of β-lactam (4-membered cyclic amide) rings is 1. The van der Waals surface area contributed by atoms with Crippen LogP contribution in [0, 0.1) is 0 Å². The fourth-order valence-corrected chi connectivity index (χ4v) is 3.28. The van der Waals surface area contributed by atoms with Crippen molar-refractivity contribution >= 4 is 46.1 Å². The highest BCUT2D eigenvalue weighted by molar-refractivity contribution is 7.14. The Hall–Kier alpha value is -3.30. The maximum absolute atomic E-state index is 13.0. The lowest BCUT2D eigenvalue weighted by atomic mass is 9.99. The minimum Gasteiger partial charge on any atom is -0.444 e. The van der Waals surface area contributed by atoms with Crippen LogP contribution in [0.5, 0.6) is 0 Å². The average Bonchev–Trinajstić information content (AvgIpc) is 3.15. The van der Waals surface area contributed by atoms with E-state index >= 15 is 0 Å². The normalized spacial score (nSPS) is 18.5. The van der Waals surface area contributed by atoms with Gasteiger partial charge in [-0.15, -0.1) is 11.3 Å². The lowest BCUT2D eigenvalue weighted by Crippen LogP contribution is -2.71. The Morgan fingerprint density at radius 2 is 1.83 bits per heavy atom. The second-order valence-corrected chi connectivity index (χ2v) is 10.7. The molecule has 0 radical (unpaired) electrons. The number of ether oxygens (including phenoxy) is 2. The van der Waals surface area contributed by atoms with E-state index < -0.39 is 52.9 Å². The van der Waals surface area contributed by atoms with Crippen LogP contribution in [0.3, 0.4) is 0 Å². The average molecular weight is 529 g/mol. The molecule has 36 heavy (non-hydrogen) atoms. The highest BCUT2D eigenvalue weighted by Crippen LogP contribution is 2.21. The molecule has 1 aliphatic rings. The van der Waals surface area contributed by atoms with E-state index in [1.807, 2.05) is 0 Å². The fraction of sp³-hybridized carbons (Fsp3) is 0.619. The van der Waals surface area contributed by atoms with Crippen LogP contribution in [-0.2, 0) is 28.7 Å². The van der Waals surface area contributed by atoms with Crippen LogP contribution < -0.4 is 21.7 Å². The molecule has 1 saturated heterocycles. The molecule has 0 aliphatic carbocycles. The summed E-state index contributed by atoms with van der Waals surface area (Å²) >= 11 is 0.978. The van der Waals surface area contributed by atoms with Crippen molar-refractivity contribution in [1.82, 2.24) is 15.6 Å². The van der Waals surface area contributed by atoms with E-state index in [1.165, 1.54) is 33.1 Å². The number of hydrogen-bond donors (Lipinski definition) is 5. The van der Waals surface area contributed by atoms with E-state index in [-0.39, 0.29) is 23.1 Å². The number of carbonyl (C=O) groups is 4. The van der Waals surface area contributed by atoms with Crippen LogP contribution in [0.4, 0.5) is 9.93 Å². The number of hydrogen-bond acceptors (Lipinski definition) is 12. The monoisotopic (exact) mass is 528 g/mol. The van der Waals surface area contributed by atoms with E-state index in [4.69, 9.17) is 20.0 Å². The molecule has 0 bridgehead atoms. The van der Waals surface area contributed by atoms with E-state index in [9.17, 15) is 24.3 Å². The quantitative estimate of drug-likeness (QED) is 0.0968. The predicted molar refractivity (Wildman–Crippen MR) is 129 cm³/mol. The molecule has 0 spiro atoms. The molecule has 200 valence electrons. The molecular formula is C21H32N6O8S. The van der Waals surface area contributed by atoms with E-state index in [0.29, 0.717) is 0 Å². The number of thiazole rings is 1. The second kappa shape index (κ2) is 10.8. The van der Waals surface area contributed by atoms with Crippen molar-refractivity contribution in [1.29, 1.82) is 0 Å². The minimum atomic E-state index is -1.77. The van der Waals surface area contributed by atoms with Gasteiger partial charge >= 0.3 is 12.1 Å². The molecule has 0 saturated carbocycles. The lowest BCUT2D eigenvalue weighted by molar-refractivity contribution is -0.214. The van der Waals surface area contributed by atoms with Crippen LogP contribution in [0.15, 0.2) is 10.5 Å². The van der Waals surface area contributed by atoms with Crippen LogP contribution in [0.1, 0.15) is 54.2 Å². The largest absolute Gasteiger partial charge is 0.444 e. The summed E-state index contributed by atoms with van der Waals surface area (Å²) in [4.78, 5) is 58.8. The summed E-state index contributed by atoms with van der Waals surface area (Å²) in [6.45, 7) is 10.3. The van der Waals surface area contributed by atoms with Crippen molar-refractivity contribution < 1.29 is 38.6 Å². The third-order valence-corrected chi connectivity index (χ3v) is 5.08. The highest BCUT2D eigenvalue weighted by atomic mass is 32.1. The van der Waals surface area contributed by atoms with Gasteiger partial charge in [0.15, 0.2) is 10.8 Å². The van der Waals surface area contributed by atoms with Crippen LogP contribution >= 0.6 is 11.3 Å². The van der Waals surface area contributed by atoms with E-state index in [1.54, 1.807) is 20.8 Å². The standard InChI is InChI=1S/C21H32N6O8S/c1-19(2,3)34-18(31)26-17-24-11(9-36-17)13(15(29)25-12-10(8-22)23-14(12)28)27-35-20(4,5)16(30)33-21(6,7)32/h9-10,12,32H,8,22H2,1-7H3,(H,23,28)(H,25,29)(H,24,26,31)/b27-13-/t10-,12+/m1/s1. The second-order valence-electron chi connectivity index (χ2n) is 9.84. The molecule has 2 atom stereocenters. The Balaban J connectivity index is 2.30. The summed E-state index contributed by atoms with van der Waals surface area (Å²) in [5, 5.41) is 22.6. The van der Waals surface area contributed by atoms with Crippen LogP contribution in [-0.4, -0.2) is 75.3 Å². The van der Waals surface area contributed by atoms with Crippen molar-refractivity contribution in [3.63, 3.8) is 0 Å². The molecule has 1 aromatic rings. The van der Waals surface area contributed by atoms with Crippen LogP contribution in [0.25, 0.3) is 0 Å². The number of carbonyl (C=O) groups excluding carboxylic acids is 4. The molecule has 2 rings (SSSR count). The molecular weight excluding hydrogens is 496 g/mol. The van der Waals surface area contributed by atoms with Gasteiger partial charge in [-0.25, -0.2) is 14.6 Å². The number of nitrogens with one attached hydrogen (secondary N) is 3. The summed E-state index contributed by atoms with van der Waals surface area (Å²) in [7, 11) is 0. The molecule has 1 aliphatic heterocycles. The van der Waals surface area contributed by atoms with Gasteiger partial charge in [-0.2, -0.15) is 0 Å². The molecule has 3 amide bonds. The first kappa shape index (κ1) is 28.9. The van der Waals surface area contributed by atoms with E-state index in [0.717, 1.165) is 11.3 Å². The summed E-state index contributed by atoms with van der Waals surface area (Å²) in [5.74, 6) is -3.99. The number of nitrogens with zero attached hydrogens (tertiary/aromatic N) is 2. The minimum absolute atomic E-state index is 0.0146. The molecule has 1 aromatic heterocycles. The van der Waals surface area contributed by atoms with Gasteiger partial charge in [0.25, 0.3) is 5.91 Å². The maximum Gasteiger partial charge on any atom is 0.413 e. The third kappa shape index (κ3) is 8.13. The maximum atomic E-state index is 13.0. The molecule has 2 heterocycles. The number of anilines is 1. The van der Waals surface area contributed by atoms with Crippen LogP contribution in [0.2, 0.25) is 0 Å². The number of rotatable bonds is 9. The number of aliphatic hydroxyl groups is 1. The zero-order chi connectivity index (χ0) is 27.5. The first-order valence-electron chi connectivity index (χ1n) is 10.9. The SMILES string of the molecule is CC(C)(C)OC(=O)Nc1nc(/C(=N/OC(C)(C)C(=O)OC(C)(C)O)C(=O)N[C@@H]2C(=O)N[C@@H]2CN)cs1. The summed E-state index contributed by atoms with van der Waals surface area (Å²) < 4.78 is 10.1. The molecule has 0 unspecified atom stereocenters. The lowest BCUT2D eigenvalue weighted by Gasteiger charge is -2.36. The summed E-state index contributed by atoms with van der Waals surface area (Å²) in [6.07, 6.45) is -0.755. The van der Waals surface area contributed by atoms with Gasteiger partial charge in [-0.1, -0.05) is 5.16 Å². The van der Waals surface area contributed by atoms with E-state index in [2.05, 4.69) is 26.1 Å².